The van der Waals surface area contributed by atoms with E-state index in [1.807, 2.05) is 0 Å². The van der Waals surface area contributed by atoms with Crippen molar-refractivity contribution in [2.75, 3.05) is 7.05 Å². The Labute approximate surface area is 106 Å². The standard InChI is InChI=1S/C14H27N3/c1-6-12(7-2)14(15-5)10-13-9-11(4)16-17(13)8-3/h9,12,14-15H,6-8,10H2,1-5H3. The molecule has 98 valence electrons. The zero-order valence-electron chi connectivity index (χ0n) is 12.0. The lowest BCUT2D eigenvalue weighted by molar-refractivity contribution is 0.343. The molecule has 0 spiro atoms. The van der Waals surface area contributed by atoms with Crippen LogP contribution >= 0.6 is 0 Å². The second kappa shape index (κ2) is 6.80. The van der Waals surface area contributed by atoms with Gasteiger partial charge in [-0.2, -0.15) is 5.10 Å². The average Bonchev–Trinajstić information content (AvgIpc) is 2.69. The van der Waals surface area contributed by atoms with Crippen molar-refractivity contribution in [1.82, 2.24) is 15.1 Å². The van der Waals surface area contributed by atoms with E-state index in [9.17, 15) is 0 Å². The number of aromatic nitrogens is 2. The van der Waals surface area contributed by atoms with E-state index in [4.69, 9.17) is 0 Å². The minimum Gasteiger partial charge on any atom is -0.316 e. The third-order valence-corrected chi connectivity index (χ3v) is 3.70. The molecule has 1 aromatic heterocycles. The fourth-order valence-electron chi connectivity index (χ4n) is 2.62. The Morgan fingerprint density at radius 2 is 1.94 bits per heavy atom. The highest BCUT2D eigenvalue weighted by atomic mass is 15.3. The van der Waals surface area contributed by atoms with Gasteiger partial charge in [0.25, 0.3) is 0 Å². The lowest BCUT2D eigenvalue weighted by Crippen LogP contribution is -2.35. The number of nitrogens with zero attached hydrogens (tertiary/aromatic N) is 2. The number of rotatable bonds is 7. The number of aryl methyl sites for hydroxylation is 2. The molecule has 1 atom stereocenters. The highest BCUT2D eigenvalue weighted by Gasteiger charge is 2.19. The number of likely N-dealkylation sites (N-methyl/N-ethyl adjacent to an activating group) is 1. The minimum absolute atomic E-state index is 0.561. The Hall–Kier alpha value is -0.830. The molecular weight excluding hydrogens is 210 g/mol. The van der Waals surface area contributed by atoms with Gasteiger partial charge in [-0.1, -0.05) is 26.7 Å². The van der Waals surface area contributed by atoms with Gasteiger partial charge in [-0.05, 0) is 32.9 Å². The van der Waals surface area contributed by atoms with Crippen molar-refractivity contribution in [3.8, 4) is 0 Å². The molecule has 1 aromatic rings. The van der Waals surface area contributed by atoms with Crippen LogP contribution in [-0.2, 0) is 13.0 Å². The molecule has 1 rings (SSSR count). The Kier molecular flexibility index (Phi) is 5.69. The first-order valence-corrected chi connectivity index (χ1v) is 6.86. The third-order valence-electron chi connectivity index (χ3n) is 3.70. The van der Waals surface area contributed by atoms with Crippen LogP contribution in [0.3, 0.4) is 0 Å². The van der Waals surface area contributed by atoms with E-state index in [0.29, 0.717) is 6.04 Å². The molecule has 1 N–H and O–H groups in total. The van der Waals surface area contributed by atoms with Crippen LogP contribution in [-0.4, -0.2) is 22.9 Å². The molecule has 0 radical (unpaired) electrons. The van der Waals surface area contributed by atoms with E-state index in [-0.39, 0.29) is 0 Å². The SMILES string of the molecule is CCC(CC)C(Cc1cc(C)nn1CC)NC. The summed E-state index contributed by atoms with van der Waals surface area (Å²) < 4.78 is 2.13. The summed E-state index contributed by atoms with van der Waals surface area (Å²) in [5, 5.41) is 7.99. The molecule has 0 amide bonds. The zero-order valence-corrected chi connectivity index (χ0v) is 12.0. The van der Waals surface area contributed by atoms with Gasteiger partial charge in [0.1, 0.15) is 0 Å². The topological polar surface area (TPSA) is 29.9 Å². The van der Waals surface area contributed by atoms with Crippen LogP contribution in [0.2, 0.25) is 0 Å². The van der Waals surface area contributed by atoms with Gasteiger partial charge in [0.05, 0.1) is 5.69 Å². The van der Waals surface area contributed by atoms with Gasteiger partial charge >= 0.3 is 0 Å². The first-order chi connectivity index (χ1) is 8.15. The molecule has 0 bridgehead atoms. The first-order valence-electron chi connectivity index (χ1n) is 6.86. The van der Waals surface area contributed by atoms with Crippen LogP contribution in [0.4, 0.5) is 0 Å². The molecule has 17 heavy (non-hydrogen) atoms. The number of nitrogens with one attached hydrogen (secondary N) is 1. The summed E-state index contributed by atoms with van der Waals surface area (Å²) in [6, 6.07) is 2.78. The van der Waals surface area contributed by atoms with Gasteiger partial charge in [0.15, 0.2) is 0 Å². The average molecular weight is 237 g/mol. The normalized spacial score (nSPS) is 13.3. The lowest BCUT2D eigenvalue weighted by atomic mass is 9.91. The Morgan fingerprint density at radius 1 is 1.29 bits per heavy atom. The molecule has 3 heteroatoms. The van der Waals surface area contributed by atoms with Crippen LogP contribution < -0.4 is 5.32 Å². The smallest absolute Gasteiger partial charge is 0.0596 e. The van der Waals surface area contributed by atoms with Crippen molar-refractivity contribution in [1.29, 1.82) is 0 Å². The van der Waals surface area contributed by atoms with Crippen molar-refractivity contribution in [2.45, 2.75) is 59.5 Å². The highest BCUT2D eigenvalue weighted by molar-refractivity contribution is 5.10. The summed E-state index contributed by atoms with van der Waals surface area (Å²) in [6.45, 7) is 9.74. The van der Waals surface area contributed by atoms with E-state index in [1.165, 1.54) is 18.5 Å². The maximum absolute atomic E-state index is 4.52. The maximum Gasteiger partial charge on any atom is 0.0596 e. The second-order valence-corrected chi connectivity index (χ2v) is 4.77. The monoisotopic (exact) mass is 237 g/mol. The second-order valence-electron chi connectivity index (χ2n) is 4.77. The molecule has 0 aliphatic rings. The quantitative estimate of drug-likeness (QED) is 0.790. The predicted octanol–water partition coefficient (Wildman–Crippen LogP) is 2.78. The molecule has 0 fully saturated rings. The summed E-state index contributed by atoms with van der Waals surface area (Å²) in [5.41, 5.74) is 2.48. The van der Waals surface area contributed by atoms with Crippen molar-refractivity contribution >= 4 is 0 Å². The fraction of sp³-hybridized carbons (Fsp3) is 0.786. The summed E-state index contributed by atoms with van der Waals surface area (Å²) in [5.74, 6) is 0.750. The fourth-order valence-corrected chi connectivity index (χ4v) is 2.62. The molecular formula is C14H27N3. The van der Waals surface area contributed by atoms with E-state index in [1.54, 1.807) is 0 Å². The van der Waals surface area contributed by atoms with Gasteiger partial charge in [-0.3, -0.25) is 4.68 Å². The van der Waals surface area contributed by atoms with E-state index in [0.717, 1.165) is 24.6 Å². The molecule has 0 aliphatic heterocycles. The van der Waals surface area contributed by atoms with Crippen molar-refractivity contribution in [3.63, 3.8) is 0 Å². The van der Waals surface area contributed by atoms with Crippen LogP contribution in [0.25, 0.3) is 0 Å². The van der Waals surface area contributed by atoms with E-state index >= 15 is 0 Å². The Morgan fingerprint density at radius 3 is 2.41 bits per heavy atom. The molecule has 1 unspecified atom stereocenters. The van der Waals surface area contributed by atoms with Crippen LogP contribution in [0.5, 0.6) is 0 Å². The number of hydrogen-bond acceptors (Lipinski definition) is 2. The molecule has 0 aliphatic carbocycles. The molecule has 1 heterocycles. The summed E-state index contributed by atoms with van der Waals surface area (Å²) >= 11 is 0. The molecule has 0 aromatic carbocycles. The minimum atomic E-state index is 0.561. The van der Waals surface area contributed by atoms with Gasteiger partial charge in [-0.25, -0.2) is 0 Å². The molecule has 0 saturated heterocycles. The number of hydrogen-bond donors (Lipinski definition) is 1. The predicted molar refractivity (Wildman–Crippen MR) is 73.3 cm³/mol. The van der Waals surface area contributed by atoms with E-state index in [2.05, 4.69) is 55.9 Å². The first kappa shape index (κ1) is 14.2. The zero-order chi connectivity index (χ0) is 12.8. The van der Waals surface area contributed by atoms with Gasteiger partial charge in [-0.15, -0.1) is 0 Å². The maximum atomic E-state index is 4.52. The van der Waals surface area contributed by atoms with Crippen LogP contribution in [0, 0.1) is 12.8 Å². The van der Waals surface area contributed by atoms with Crippen LogP contribution in [0.1, 0.15) is 45.0 Å². The Balaban J connectivity index is 2.79. The van der Waals surface area contributed by atoms with Gasteiger partial charge in [0.2, 0.25) is 0 Å². The molecule has 3 nitrogen and oxygen atoms in total. The summed E-state index contributed by atoms with van der Waals surface area (Å²) in [4.78, 5) is 0. The van der Waals surface area contributed by atoms with Crippen molar-refractivity contribution < 1.29 is 0 Å². The lowest BCUT2D eigenvalue weighted by Gasteiger charge is -2.25. The van der Waals surface area contributed by atoms with E-state index < -0.39 is 0 Å². The van der Waals surface area contributed by atoms with Crippen molar-refractivity contribution in [2.24, 2.45) is 5.92 Å². The van der Waals surface area contributed by atoms with Crippen LogP contribution in [0.15, 0.2) is 6.07 Å². The van der Waals surface area contributed by atoms with Gasteiger partial charge < -0.3 is 5.32 Å². The summed E-state index contributed by atoms with van der Waals surface area (Å²) in [6.07, 6.45) is 3.56. The van der Waals surface area contributed by atoms with Gasteiger partial charge in [0, 0.05) is 24.7 Å². The highest BCUT2D eigenvalue weighted by Crippen LogP contribution is 2.17. The molecule has 0 saturated carbocycles. The third kappa shape index (κ3) is 3.56. The summed E-state index contributed by atoms with van der Waals surface area (Å²) in [7, 11) is 2.07. The Bertz CT molecular complexity index is 326. The van der Waals surface area contributed by atoms with Crippen molar-refractivity contribution in [3.05, 3.63) is 17.5 Å². The largest absolute Gasteiger partial charge is 0.316 e.